The van der Waals surface area contributed by atoms with Crippen molar-refractivity contribution in [1.82, 2.24) is 29.9 Å². The molecule has 0 spiro atoms. The van der Waals surface area contributed by atoms with Gasteiger partial charge in [-0.05, 0) is 64.4 Å². The summed E-state index contributed by atoms with van der Waals surface area (Å²) in [6.45, 7) is 0. The number of hydrogen-bond acceptors (Lipinski definition) is 7. The summed E-state index contributed by atoms with van der Waals surface area (Å²) < 4.78 is 0. The fourth-order valence-electron chi connectivity index (χ4n) is 7.38. The molecular formula is C49H29N7. The standard InChI is InChI=1S/C49H29N7/c50-30-37-17-8-20-44(53-37)32-23-21-31(22-24-32)40-28-42-39-19-10-26-52-46(39)41(29-43(42)38-18-9-25-51-45(38)40)35-15-7-16-36(27-35)49-55-47(33-11-3-1-4-12-33)54-48(56-49)34-13-5-2-6-14-34/h1-29H. The van der Waals surface area contributed by atoms with Crippen molar-refractivity contribution in [2.24, 2.45) is 0 Å². The minimum absolute atomic E-state index is 0.392. The quantitative estimate of drug-likeness (QED) is 0.158. The third-order valence-electron chi connectivity index (χ3n) is 10.1. The molecule has 0 saturated carbocycles. The maximum absolute atomic E-state index is 9.36. The van der Waals surface area contributed by atoms with Crippen molar-refractivity contribution in [3.8, 4) is 73.7 Å². The molecule has 0 N–H and O–H groups in total. The maximum atomic E-state index is 9.36. The second kappa shape index (κ2) is 13.8. The number of nitrogens with zero attached hydrogens (tertiary/aromatic N) is 7. The third-order valence-corrected chi connectivity index (χ3v) is 10.1. The van der Waals surface area contributed by atoms with E-state index in [-0.39, 0.29) is 0 Å². The zero-order chi connectivity index (χ0) is 37.4. The van der Waals surface area contributed by atoms with Crippen molar-refractivity contribution < 1.29 is 0 Å². The van der Waals surface area contributed by atoms with Crippen LogP contribution in [-0.2, 0) is 0 Å². The first-order chi connectivity index (χ1) is 27.7. The molecule has 7 nitrogen and oxygen atoms in total. The van der Waals surface area contributed by atoms with Gasteiger partial charge in [0.1, 0.15) is 11.8 Å². The Bertz CT molecular complexity index is 3080. The van der Waals surface area contributed by atoms with Gasteiger partial charge in [0.15, 0.2) is 17.5 Å². The highest BCUT2D eigenvalue weighted by molar-refractivity contribution is 6.22. The summed E-state index contributed by atoms with van der Waals surface area (Å²) in [6, 6.07) is 57.1. The predicted molar refractivity (Wildman–Crippen MR) is 223 cm³/mol. The van der Waals surface area contributed by atoms with Gasteiger partial charge in [0.2, 0.25) is 0 Å². The summed E-state index contributed by atoms with van der Waals surface area (Å²) in [4.78, 5) is 29.3. The van der Waals surface area contributed by atoms with Crippen molar-refractivity contribution in [3.05, 3.63) is 182 Å². The molecule has 7 heteroatoms. The molecule has 0 fully saturated rings. The van der Waals surface area contributed by atoms with Crippen molar-refractivity contribution in [1.29, 1.82) is 5.26 Å². The van der Waals surface area contributed by atoms with Crippen LogP contribution in [0.5, 0.6) is 0 Å². The molecule has 0 aliphatic rings. The molecule has 10 aromatic rings. The molecule has 0 bridgehead atoms. The first-order valence-electron chi connectivity index (χ1n) is 18.2. The summed E-state index contributed by atoms with van der Waals surface area (Å²) in [5, 5.41) is 13.6. The van der Waals surface area contributed by atoms with Gasteiger partial charge < -0.3 is 0 Å². The van der Waals surface area contributed by atoms with Gasteiger partial charge in [0, 0.05) is 56.5 Å². The lowest BCUT2D eigenvalue weighted by Crippen LogP contribution is -2.00. The lowest BCUT2D eigenvalue weighted by molar-refractivity contribution is 1.07. The summed E-state index contributed by atoms with van der Waals surface area (Å²) in [5.41, 5.74) is 10.7. The SMILES string of the molecule is N#Cc1cccc(-c2ccc(-c3cc4c5cccnc5c(-c5cccc(-c6nc(-c7ccccc7)nc(-c7ccccc7)n6)c5)cc4c4cccnc34)cc2)n1. The molecule has 0 atom stereocenters. The molecule has 0 aliphatic heterocycles. The molecule has 10 rings (SSSR count). The van der Waals surface area contributed by atoms with Gasteiger partial charge in [-0.3, -0.25) is 9.97 Å². The maximum Gasteiger partial charge on any atom is 0.164 e. The summed E-state index contributed by atoms with van der Waals surface area (Å²) >= 11 is 0. The van der Waals surface area contributed by atoms with Crippen molar-refractivity contribution in [2.75, 3.05) is 0 Å². The molecule has 0 unspecified atom stereocenters. The number of rotatable bonds is 6. The number of aromatic nitrogens is 6. The van der Waals surface area contributed by atoms with Gasteiger partial charge in [-0.25, -0.2) is 19.9 Å². The van der Waals surface area contributed by atoms with Crippen LogP contribution in [0.25, 0.3) is 100 Å². The van der Waals surface area contributed by atoms with E-state index in [1.54, 1.807) is 6.07 Å². The van der Waals surface area contributed by atoms with Crippen LogP contribution in [0.15, 0.2) is 176 Å². The van der Waals surface area contributed by atoms with Crippen LogP contribution in [0.1, 0.15) is 5.69 Å². The topological polar surface area (TPSA) is 101 Å². The molecule has 4 aromatic heterocycles. The second-order valence-corrected chi connectivity index (χ2v) is 13.5. The largest absolute Gasteiger partial charge is 0.256 e. The predicted octanol–water partition coefficient (Wildman–Crippen LogP) is 11.4. The first kappa shape index (κ1) is 32.7. The highest BCUT2D eigenvalue weighted by atomic mass is 15.0. The van der Waals surface area contributed by atoms with Crippen molar-refractivity contribution in [2.45, 2.75) is 0 Å². The smallest absolute Gasteiger partial charge is 0.164 e. The first-order valence-corrected chi connectivity index (χ1v) is 18.2. The monoisotopic (exact) mass is 715 g/mol. The van der Waals surface area contributed by atoms with Crippen LogP contribution >= 0.6 is 0 Å². The van der Waals surface area contributed by atoms with E-state index in [0.29, 0.717) is 23.2 Å². The number of nitriles is 1. The minimum Gasteiger partial charge on any atom is -0.256 e. The summed E-state index contributed by atoms with van der Waals surface area (Å²) in [5.74, 6) is 1.83. The number of hydrogen-bond donors (Lipinski definition) is 0. The number of pyridine rings is 3. The Morgan fingerprint density at radius 3 is 1.45 bits per heavy atom. The Morgan fingerprint density at radius 1 is 0.357 bits per heavy atom. The van der Waals surface area contributed by atoms with E-state index in [4.69, 9.17) is 24.9 Å². The van der Waals surface area contributed by atoms with E-state index in [1.165, 1.54) is 0 Å². The lowest BCUT2D eigenvalue weighted by Gasteiger charge is -2.15. The Kier molecular flexibility index (Phi) is 8.05. The van der Waals surface area contributed by atoms with Crippen LogP contribution in [0.3, 0.4) is 0 Å². The van der Waals surface area contributed by atoms with Gasteiger partial charge in [-0.1, -0.05) is 121 Å². The number of benzene rings is 6. The highest BCUT2D eigenvalue weighted by Crippen LogP contribution is 2.41. The fraction of sp³-hybridized carbons (Fsp3) is 0. The average molecular weight is 716 g/mol. The van der Waals surface area contributed by atoms with E-state index in [0.717, 1.165) is 82.8 Å². The Hall–Kier alpha value is -7.95. The van der Waals surface area contributed by atoms with E-state index < -0.39 is 0 Å². The van der Waals surface area contributed by atoms with Crippen LogP contribution in [0.2, 0.25) is 0 Å². The van der Waals surface area contributed by atoms with E-state index in [2.05, 4.69) is 65.7 Å². The van der Waals surface area contributed by atoms with Gasteiger partial charge in [-0.15, -0.1) is 0 Å². The lowest BCUT2D eigenvalue weighted by atomic mass is 9.90. The summed E-state index contributed by atoms with van der Waals surface area (Å²) in [6.07, 6.45) is 3.70. The van der Waals surface area contributed by atoms with Crippen LogP contribution in [0.4, 0.5) is 0 Å². The molecule has 4 heterocycles. The minimum atomic E-state index is 0.392. The Balaban J connectivity index is 1.13. The van der Waals surface area contributed by atoms with Gasteiger partial charge >= 0.3 is 0 Å². The molecule has 0 amide bonds. The van der Waals surface area contributed by atoms with Crippen LogP contribution in [-0.4, -0.2) is 29.9 Å². The second-order valence-electron chi connectivity index (χ2n) is 13.5. The Morgan fingerprint density at radius 2 is 0.857 bits per heavy atom. The average Bonchev–Trinajstić information content (AvgIpc) is 3.29. The van der Waals surface area contributed by atoms with Gasteiger partial charge in [0.05, 0.1) is 16.7 Å². The molecule has 56 heavy (non-hydrogen) atoms. The van der Waals surface area contributed by atoms with Gasteiger partial charge in [-0.2, -0.15) is 5.26 Å². The van der Waals surface area contributed by atoms with E-state index in [1.807, 2.05) is 116 Å². The molecular weight excluding hydrogens is 687 g/mol. The normalized spacial score (nSPS) is 11.2. The zero-order valence-electron chi connectivity index (χ0n) is 29.9. The fourth-order valence-corrected chi connectivity index (χ4v) is 7.38. The molecule has 260 valence electrons. The third kappa shape index (κ3) is 5.88. The molecule has 6 aromatic carbocycles. The van der Waals surface area contributed by atoms with E-state index >= 15 is 0 Å². The van der Waals surface area contributed by atoms with Crippen molar-refractivity contribution in [3.63, 3.8) is 0 Å². The molecule has 0 radical (unpaired) electrons. The van der Waals surface area contributed by atoms with Crippen LogP contribution < -0.4 is 0 Å². The number of fused-ring (bicyclic) bond motifs is 5. The van der Waals surface area contributed by atoms with Gasteiger partial charge in [0.25, 0.3) is 0 Å². The van der Waals surface area contributed by atoms with Crippen LogP contribution in [0, 0.1) is 11.3 Å². The highest BCUT2D eigenvalue weighted by Gasteiger charge is 2.18. The Labute approximate surface area is 322 Å². The zero-order valence-corrected chi connectivity index (χ0v) is 29.9. The molecule has 0 aliphatic carbocycles. The summed E-state index contributed by atoms with van der Waals surface area (Å²) in [7, 11) is 0. The molecule has 0 saturated heterocycles. The van der Waals surface area contributed by atoms with Crippen molar-refractivity contribution >= 4 is 32.6 Å². The van der Waals surface area contributed by atoms with E-state index in [9.17, 15) is 5.26 Å².